The van der Waals surface area contributed by atoms with Gasteiger partial charge in [0.05, 0.1) is 6.61 Å². The molecule has 1 saturated heterocycles. The molecule has 4 rings (SSSR count). The second kappa shape index (κ2) is 8.58. The molecule has 0 spiro atoms. The molecule has 0 bridgehead atoms. The molecule has 0 radical (unpaired) electrons. The highest BCUT2D eigenvalue weighted by atomic mass is 16.3. The van der Waals surface area contributed by atoms with E-state index in [4.69, 9.17) is 0 Å². The first-order valence-electron chi connectivity index (χ1n) is 10.2. The van der Waals surface area contributed by atoms with Crippen LogP contribution in [-0.2, 0) is 13.0 Å². The van der Waals surface area contributed by atoms with E-state index in [1.807, 2.05) is 17.0 Å². The molecule has 1 aliphatic rings. The second-order valence-corrected chi connectivity index (χ2v) is 7.53. The number of carbonyl (C=O) groups excluding carboxylic acids is 1. The lowest BCUT2D eigenvalue weighted by molar-refractivity contribution is 0.0785. The van der Waals surface area contributed by atoms with Crippen molar-refractivity contribution in [1.82, 2.24) is 9.88 Å². The van der Waals surface area contributed by atoms with Crippen molar-refractivity contribution in [2.45, 2.75) is 32.3 Å². The lowest BCUT2D eigenvalue weighted by atomic mass is 9.89. The van der Waals surface area contributed by atoms with Crippen molar-refractivity contribution in [2.75, 3.05) is 13.1 Å². The Hall–Kier alpha value is -2.98. The minimum absolute atomic E-state index is 0.00214. The van der Waals surface area contributed by atoms with Crippen molar-refractivity contribution in [2.24, 2.45) is 0 Å². The van der Waals surface area contributed by atoms with Crippen molar-refractivity contribution in [1.29, 1.82) is 0 Å². The van der Waals surface area contributed by atoms with Gasteiger partial charge in [-0.2, -0.15) is 0 Å². The Labute approximate surface area is 171 Å². The second-order valence-electron chi connectivity index (χ2n) is 7.53. The van der Waals surface area contributed by atoms with Crippen LogP contribution >= 0.6 is 0 Å². The minimum Gasteiger partial charge on any atom is -0.392 e. The van der Waals surface area contributed by atoms with Crippen molar-refractivity contribution < 1.29 is 9.90 Å². The fourth-order valence-corrected chi connectivity index (χ4v) is 4.27. The standard InChI is InChI=1S/C25H26N2O2/c1-2-18-7-3-4-8-22(18)19-10-11-23(21(15-19)17-28)20-12-14-27(16-20)25(29)24-9-5-6-13-26-24/h3-11,13,15,20,28H,2,12,14,16-17H2,1H3/t20-/m0/s1. The molecule has 0 unspecified atom stereocenters. The number of amides is 1. The molecular weight excluding hydrogens is 360 g/mol. The third kappa shape index (κ3) is 3.94. The molecule has 2 aromatic carbocycles. The summed E-state index contributed by atoms with van der Waals surface area (Å²) in [6.45, 7) is 3.53. The van der Waals surface area contributed by atoms with E-state index in [9.17, 15) is 9.90 Å². The predicted molar refractivity (Wildman–Crippen MR) is 115 cm³/mol. The maximum Gasteiger partial charge on any atom is 0.272 e. The molecule has 4 heteroatoms. The average Bonchev–Trinajstić information content (AvgIpc) is 3.28. The Kier molecular flexibility index (Phi) is 5.72. The molecule has 1 amide bonds. The van der Waals surface area contributed by atoms with Gasteiger partial charge in [0.1, 0.15) is 5.69 Å². The van der Waals surface area contributed by atoms with Crippen LogP contribution in [0.5, 0.6) is 0 Å². The number of hydrogen-bond acceptors (Lipinski definition) is 3. The highest BCUT2D eigenvalue weighted by Gasteiger charge is 2.29. The molecule has 1 aliphatic heterocycles. The third-order valence-corrected chi connectivity index (χ3v) is 5.82. The zero-order valence-corrected chi connectivity index (χ0v) is 16.7. The normalized spacial score (nSPS) is 16.2. The van der Waals surface area contributed by atoms with Crippen LogP contribution in [0.25, 0.3) is 11.1 Å². The number of aromatic nitrogens is 1. The fourth-order valence-electron chi connectivity index (χ4n) is 4.27. The summed E-state index contributed by atoms with van der Waals surface area (Å²) in [4.78, 5) is 18.8. The number of aliphatic hydroxyl groups excluding tert-OH is 1. The summed E-state index contributed by atoms with van der Waals surface area (Å²) in [5.74, 6) is 0.215. The van der Waals surface area contributed by atoms with Crippen molar-refractivity contribution in [3.05, 3.63) is 89.2 Å². The van der Waals surface area contributed by atoms with Gasteiger partial charge in [0.2, 0.25) is 0 Å². The van der Waals surface area contributed by atoms with Gasteiger partial charge >= 0.3 is 0 Å². The maximum atomic E-state index is 12.7. The molecule has 4 nitrogen and oxygen atoms in total. The summed E-state index contributed by atoms with van der Waals surface area (Å²) in [5, 5.41) is 10.0. The van der Waals surface area contributed by atoms with Crippen molar-refractivity contribution in [3.63, 3.8) is 0 Å². The molecule has 1 aromatic heterocycles. The summed E-state index contributed by atoms with van der Waals surface area (Å²) < 4.78 is 0. The molecule has 0 saturated carbocycles. The number of hydrogen-bond donors (Lipinski definition) is 1. The smallest absolute Gasteiger partial charge is 0.272 e. The Morgan fingerprint density at radius 1 is 1.10 bits per heavy atom. The van der Waals surface area contributed by atoms with Crippen molar-refractivity contribution in [3.8, 4) is 11.1 Å². The lowest BCUT2D eigenvalue weighted by Gasteiger charge is -2.19. The van der Waals surface area contributed by atoms with Crippen LogP contribution in [0.2, 0.25) is 0 Å². The first-order chi connectivity index (χ1) is 14.2. The first kappa shape index (κ1) is 19.3. The van der Waals surface area contributed by atoms with Crippen LogP contribution in [0.3, 0.4) is 0 Å². The fraction of sp³-hybridized carbons (Fsp3) is 0.280. The summed E-state index contributed by atoms with van der Waals surface area (Å²) in [5.41, 5.74) is 6.23. The molecule has 1 fully saturated rings. The van der Waals surface area contributed by atoms with Gasteiger partial charge in [-0.3, -0.25) is 9.78 Å². The van der Waals surface area contributed by atoms with Crippen molar-refractivity contribution >= 4 is 5.91 Å². The number of benzene rings is 2. The molecule has 29 heavy (non-hydrogen) atoms. The number of aryl methyl sites for hydroxylation is 1. The van der Waals surface area contributed by atoms with Crippen LogP contribution in [-0.4, -0.2) is 34.0 Å². The van der Waals surface area contributed by atoms with Crippen LogP contribution < -0.4 is 0 Å². The maximum absolute atomic E-state index is 12.7. The van der Waals surface area contributed by atoms with E-state index in [2.05, 4.69) is 54.4 Å². The molecule has 1 atom stereocenters. The molecule has 148 valence electrons. The Bertz CT molecular complexity index is 1000. The number of likely N-dealkylation sites (tertiary alicyclic amines) is 1. The Morgan fingerprint density at radius 2 is 1.93 bits per heavy atom. The quantitative estimate of drug-likeness (QED) is 0.706. The van der Waals surface area contributed by atoms with E-state index in [-0.39, 0.29) is 18.4 Å². The van der Waals surface area contributed by atoms with Gasteiger partial charge in [-0.05, 0) is 58.9 Å². The number of pyridine rings is 1. The van der Waals surface area contributed by atoms with Gasteiger partial charge in [-0.1, -0.05) is 49.4 Å². The van der Waals surface area contributed by atoms with Gasteiger partial charge in [0.15, 0.2) is 0 Å². The SMILES string of the molecule is CCc1ccccc1-c1ccc([C@H]2CCN(C(=O)c3ccccn3)C2)c(CO)c1. The Morgan fingerprint density at radius 3 is 2.69 bits per heavy atom. The van der Waals surface area contributed by atoms with Gasteiger partial charge in [0.25, 0.3) is 5.91 Å². The van der Waals surface area contributed by atoms with Crippen LogP contribution in [0.4, 0.5) is 0 Å². The summed E-state index contributed by atoms with van der Waals surface area (Å²) in [6.07, 6.45) is 3.52. The number of carbonyl (C=O) groups is 1. The van der Waals surface area contributed by atoms with Gasteiger partial charge in [-0.15, -0.1) is 0 Å². The van der Waals surface area contributed by atoms with Gasteiger partial charge in [0, 0.05) is 25.2 Å². The summed E-state index contributed by atoms with van der Waals surface area (Å²) >= 11 is 0. The monoisotopic (exact) mass is 386 g/mol. The van der Waals surface area contributed by atoms with Crippen LogP contribution in [0.1, 0.15) is 46.4 Å². The van der Waals surface area contributed by atoms with E-state index in [1.165, 1.54) is 11.1 Å². The van der Waals surface area contributed by atoms with Gasteiger partial charge in [-0.25, -0.2) is 0 Å². The zero-order valence-electron chi connectivity index (χ0n) is 16.7. The van der Waals surface area contributed by atoms with Crippen LogP contribution in [0.15, 0.2) is 66.9 Å². The van der Waals surface area contributed by atoms with E-state index in [1.54, 1.807) is 12.3 Å². The van der Waals surface area contributed by atoms with E-state index in [0.29, 0.717) is 18.8 Å². The molecule has 1 N–H and O–H groups in total. The van der Waals surface area contributed by atoms with E-state index < -0.39 is 0 Å². The minimum atomic E-state index is -0.0212. The first-order valence-corrected chi connectivity index (χ1v) is 10.2. The topological polar surface area (TPSA) is 53.4 Å². The average molecular weight is 386 g/mol. The number of rotatable bonds is 5. The lowest BCUT2D eigenvalue weighted by Crippen LogP contribution is -2.29. The third-order valence-electron chi connectivity index (χ3n) is 5.82. The summed E-state index contributed by atoms with van der Waals surface area (Å²) in [6, 6.07) is 20.2. The molecule has 2 heterocycles. The summed E-state index contributed by atoms with van der Waals surface area (Å²) in [7, 11) is 0. The highest BCUT2D eigenvalue weighted by Crippen LogP contribution is 2.34. The Balaban J connectivity index is 1.57. The number of nitrogens with zero attached hydrogens (tertiary/aromatic N) is 2. The molecular formula is C25H26N2O2. The molecule has 3 aromatic rings. The van der Waals surface area contributed by atoms with Crippen LogP contribution in [0, 0.1) is 0 Å². The number of aliphatic hydroxyl groups is 1. The highest BCUT2D eigenvalue weighted by molar-refractivity contribution is 5.92. The molecule has 0 aliphatic carbocycles. The zero-order chi connectivity index (χ0) is 20.2. The predicted octanol–water partition coefficient (Wildman–Crippen LogP) is 4.43. The largest absolute Gasteiger partial charge is 0.392 e. The van der Waals surface area contributed by atoms with Gasteiger partial charge < -0.3 is 10.0 Å². The van der Waals surface area contributed by atoms with E-state index in [0.717, 1.165) is 29.5 Å². The van der Waals surface area contributed by atoms with E-state index >= 15 is 0 Å².